The van der Waals surface area contributed by atoms with Crippen LogP contribution in [0.3, 0.4) is 0 Å². The van der Waals surface area contributed by atoms with Gasteiger partial charge in [-0.1, -0.05) is 38.1 Å². The SMILES string of the molecule is CCCCOc1ccc(C=C2SC(=N)C(c3nnc(CC)s3)C2=O)cc1OC. The minimum atomic E-state index is -0.632. The van der Waals surface area contributed by atoms with E-state index in [1.807, 2.05) is 25.1 Å². The van der Waals surface area contributed by atoms with Crippen LogP contribution in [0.1, 0.15) is 48.2 Å². The number of hydrogen-bond acceptors (Lipinski definition) is 8. The lowest BCUT2D eigenvalue weighted by molar-refractivity contribution is -0.114. The van der Waals surface area contributed by atoms with Crippen LogP contribution in [0.2, 0.25) is 0 Å². The Kier molecular flexibility index (Phi) is 6.85. The van der Waals surface area contributed by atoms with Crippen molar-refractivity contribution in [1.29, 1.82) is 5.41 Å². The molecule has 28 heavy (non-hydrogen) atoms. The number of unbranched alkanes of at least 4 members (excludes halogenated alkanes) is 1. The average Bonchev–Trinajstić information content (AvgIpc) is 3.27. The summed E-state index contributed by atoms with van der Waals surface area (Å²) in [5, 5.41) is 18.2. The monoisotopic (exact) mass is 417 g/mol. The summed E-state index contributed by atoms with van der Waals surface area (Å²) in [5.41, 5.74) is 0.829. The highest BCUT2D eigenvalue weighted by molar-refractivity contribution is 8.19. The number of Topliss-reactive ketones (excluding diaryl/α,β-unsaturated/α-hetero) is 1. The second kappa shape index (κ2) is 9.34. The van der Waals surface area contributed by atoms with E-state index in [0.717, 1.165) is 29.8 Å². The van der Waals surface area contributed by atoms with Crippen LogP contribution in [0.5, 0.6) is 11.5 Å². The summed E-state index contributed by atoms with van der Waals surface area (Å²) < 4.78 is 11.2. The first-order chi connectivity index (χ1) is 13.6. The first kappa shape index (κ1) is 20.5. The van der Waals surface area contributed by atoms with Crippen LogP contribution < -0.4 is 9.47 Å². The normalized spacial score (nSPS) is 18.1. The van der Waals surface area contributed by atoms with E-state index in [9.17, 15) is 4.79 Å². The summed E-state index contributed by atoms with van der Waals surface area (Å²) in [4.78, 5) is 13.4. The maximum absolute atomic E-state index is 12.9. The molecular weight excluding hydrogens is 394 g/mol. The van der Waals surface area contributed by atoms with E-state index in [-0.39, 0.29) is 5.78 Å². The first-order valence-corrected chi connectivity index (χ1v) is 10.9. The number of benzene rings is 1. The van der Waals surface area contributed by atoms with Crippen LogP contribution >= 0.6 is 23.1 Å². The van der Waals surface area contributed by atoms with Gasteiger partial charge in [-0.05, 0) is 36.6 Å². The Morgan fingerprint density at radius 2 is 2.07 bits per heavy atom. The molecule has 0 saturated carbocycles. The van der Waals surface area contributed by atoms with E-state index in [1.54, 1.807) is 13.2 Å². The fourth-order valence-electron chi connectivity index (χ4n) is 2.71. The number of aryl methyl sites for hydroxylation is 1. The zero-order valence-electron chi connectivity index (χ0n) is 16.2. The molecular formula is C20H23N3O3S2. The van der Waals surface area contributed by atoms with Gasteiger partial charge in [-0.25, -0.2) is 0 Å². The third-order valence-electron chi connectivity index (χ3n) is 4.26. The zero-order valence-corrected chi connectivity index (χ0v) is 17.8. The number of rotatable bonds is 8. The van der Waals surface area contributed by atoms with Crippen molar-refractivity contribution in [3.8, 4) is 11.5 Å². The molecule has 3 rings (SSSR count). The molecule has 1 aliphatic rings. The van der Waals surface area contributed by atoms with Crippen LogP contribution in [0.15, 0.2) is 23.1 Å². The molecule has 1 unspecified atom stereocenters. The van der Waals surface area contributed by atoms with Crippen molar-refractivity contribution in [2.75, 3.05) is 13.7 Å². The number of nitrogens with zero attached hydrogens (tertiary/aromatic N) is 2. The number of allylic oxidation sites excluding steroid dienone is 1. The van der Waals surface area contributed by atoms with Crippen molar-refractivity contribution in [3.63, 3.8) is 0 Å². The number of aromatic nitrogens is 2. The molecule has 1 saturated heterocycles. The Labute approximate surface area is 172 Å². The molecule has 1 aromatic carbocycles. The summed E-state index contributed by atoms with van der Waals surface area (Å²) in [6, 6.07) is 5.59. The van der Waals surface area contributed by atoms with E-state index >= 15 is 0 Å². The fourth-order valence-corrected chi connectivity index (χ4v) is 4.66. The van der Waals surface area contributed by atoms with Crippen molar-refractivity contribution in [3.05, 3.63) is 38.7 Å². The summed E-state index contributed by atoms with van der Waals surface area (Å²) in [6.07, 6.45) is 4.61. The highest BCUT2D eigenvalue weighted by atomic mass is 32.2. The molecule has 148 valence electrons. The van der Waals surface area contributed by atoms with Crippen LogP contribution in [0.4, 0.5) is 0 Å². The average molecular weight is 418 g/mol. The second-order valence-corrected chi connectivity index (χ2v) is 8.45. The molecule has 2 heterocycles. The molecule has 0 aliphatic carbocycles. The molecule has 0 amide bonds. The van der Waals surface area contributed by atoms with Crippen LogP contribution in [0, 0.1) is 5.41 Å². The summed E-state index contributed by atoms with van der Waals surface area (Å²) >= 11 is 2.59. The number of nitrogens with one attached hydrogen (secondary N) is 1. The number of thioether (sulfide) groups is 1. The van der Waals surface area contributed by atoms with Crippen molar-refractivity contribution in [1.82, 2.24) is 10.2 Å². The smallest absolute Gasteiger partial charge is 0.186 e. The third-order valence-corrected chi connectivity index (χ3v) is 6.39. The molecule has 1 fully saturated rings. The molecule has 1 atom stereocenters. The third kappa shape index (κ3) is 4.44. The Morgan fingerprint density at radius 3 is 2.75 bits per heavy atom. The highest BCUT2D eigenvalue weighted by Crippen LogP contribution is 2.42. The van der Waals surface area contributed by atoms with Crippen LogP contribution in [-0.2, 0) is 11.2 Å². The summed E-state index contributed by atoms with van der Waals surface area (Å²) in [7, 11) is 1.60. The molecule has 0 radical (unpaired) electrons. The lowest BCUT2D eigenvalue weighted by Crippen LogP contribution is -2.11. The van der Waals surface area contributed by atoms with Gasteiger partial charge in [0.05, 0.1) is 23.7 Å². The largest absolute Gasteiger partial charge is 0.493 e. The van der Waals surface area contributed by atoms with Gasteiger partial charge in [-0.2, -0.15) is 0 Å². The lowest BCUT2D eigenvalue weighted by Gasteiger charge is -2.11. The van der Waals surface area contributed by atoms with E-state index < -0.39 is 5.92 Å². The number of ketones is 1. The number of ether oxygens (including phenoxy) is 2. The molecule has 0 spiro atoms. The first-order valence-electron chi connectivity index (χ1n) is 9.22. The topological polar surface area (TPSA) is 85.2 Å². The van der Waals surface area contributed by atoms with E-state index in [1.165, 1.54) is 23.1 Å². The predicted molar refractivity (Wildman–Crippen MR) is 114 cm³/mol. The minimum Gasteiger partial charge on any atom is -0.493 e. The maximum atomic E-state index is 12.9. The molecule has 2 aromatic rings. The molecule has 1 aromatic heterocycles. The highest BCUT2D eigenvalue weighted by Gasteiger charge is 2.39. The second-order valence-electron chi connectivity index (χ2n) is 6.27. The number of methoxy groups -OCH3 is 1. The number of carbonyl (C=O) groups is 1. The summed E-state index contributed by atoms with van der Waals surface area (Å²) in [5.74, 6) is 0.586. The van der Waals surface area contributed by atoms with Gasteiger partial charge in [-0.15, -0.1) is 21.5 Å². The number of hydrogen-bond donors (Lipinski definition) is 1. The van der Waals surface area contributed by atoms with Gasteiger partial charge in [0, 0.05) is 0 Å². The van der Waals surface area contributed by atoms with E-state index in [2.05, 4.69) is 17.1 Å². The Bertz CT molecular complexity index is 908. The number of carbonyl (C=O) groups excluding carboxylic acids is 1. The van der Waals surface area contributed by atoms with Crippen LogP contribution in [-0.4, -0.2) is 34.7 Å². The van der Waals surface area contributed by atoms with Gasteiger partial charge in [0.1, 0.15) is 15.9 Å². The standard InChI is InChI=1S/C20H23N3O3S2/c1-4-6-9-26-13-8-7-12(10-14(13)25-3)11-15-18(24)17(19(21)27-15)20-23-22-16(5-2)28-20/h7-8,10-11,17,21H,4-6,9H2,1-3H3. The predicted octanol–water partition coefficient (Wildman–Crippen LogP) is 4.71. The van der Waals surface area contributed by atoms with Gasteiger partial charge in [0.25, 0.3) is 0 Å². The minimum absolute atomic E-state index is 0.101. The molecule has 1 aliphatic heterocycles. The van der Waals surface area contributed by atoms with Crippen molar-refractivity contribution < 1.29 is 14.3 Å². The summed E-state index contributed by atoms with van der Waals surface area (Å²) in [6.45, 7) is 4.75. The Hall–Kier alpha value is -2.19. The molecule has 8 heteroatoms. The lowest BCUT2D eigenvalue weighted by atomic mass is 10.1. The maximum Gasteiger partial charge on any atom is 0.186 e. The van der Waals surface area contributed by atoms with Crippen molar-refractivity contribution in [2.24, 2.45) is 0 Å². The van der Waals surface area contributed by atoms with Gasteiger partial charge in [0.15, 0.2) is 17.3 Å². The molecule has 6 nitrogen and oxygen atoms in total. The zero-order chi connectivity index (χ0) is 20.1. The van der Waals surface area contributed by atoms with Crippen LogP contribution in [0.25, 0.3) is 6.08 Å². The van der Waals surface area contributed by atoms with Gasteiger partial charge < -0.3 is 9.47 Å². The quantitative estimate of drug-likeness (QED) is 0.495. The van der Waals surface area contributed by atoms with E-state index in [4.69, 9.17) is 14.9 Å². The molecule has 1 N–H and O–H groups in total. The van der Waals surface area contributed by atoms with Gasteiger partial charge in [-0.3, -0.25) is 10.2 Å². The molecule has 0 bridgehead atoms. The fraction of sp³-hybridized carbons (Fsp3) is 0.400. The Morgan fingerprint density at radius 1 is 1.25 bits per heavy atom. The van der Waals surface area contributed by atoms with Crippen molar-refractivity contribution >= 4 is 40.0 Å². The van der Waals surface area contributed by atoms with Crippen molar-refractivity contribution in [2.45, 2.75) is 39.0 Å². The van der Waals surface area contributed by atoms with Gasteiger partial charge in [0.2, 0.25) is 0 Å². The van der Waals surface area contributed by atoms with Gasteiger partial charge >= 0.3 is 0 Å². The Balaban J connectivity index is 1.81. The van der Waals surface area contributed by atoms with E-state index in [0.29, 0.717) is 33.1 Å².